The van der Waals surface area contributed by atoms with E-state index in [1.54, 1.807) is 36.9 Å². The molecule has 0 amide bonds. The highest BCUT2D eigenvalue weighted by atomic mass is 16.4. The van der Waals surface area contributed by atoms with Crippen LogP contribution >= 0.6 is 0 Å². The number of nitrogens with zero attached hydrogens (tertiary/aromatic N) is 1. The van der Waals surface area contributed by atoms with E-state index < -0.39 is 0 Å². The van der Waals surface area contributed by atoms with Crippen molar-refractivity contribution in [1.29, 1.82) is 0 Å². The van der Waals surface area contributed by atoms with Gasteiger partial charge in [0.2, 0.25) is 0 Å². The van der Waals surface area contributed by atoms with Gasteiger partial charge in [0, 0.05) is 0 Å². The highest BCUT2D eigenvalue weighted by Gasteiger charge is 2.11. The molecule has 0 saturated carbocycles. The van der Waals surface area contributed by atoms with Crippen LogP contribution in [0.25, 0.3) is 23.2 Å². The molecule has 0 bridgehead atoms. The third-order valence-corrected chi connectivity index (χ3v) is 2.00. The van der Waals surface area contributed by atoms with Gasteiger partial charge in [-0.3, -0.25) is 0 Å². The fourth-order valence-corrected chi connectivity index (χ4v) is 1.32. The molecule has 3 aromatic rings. The van der Waals surface area contributed by atoms with Crippen LogP contribution in [0.5, 0.6) is 0 Å². The molecule has 74 valence electrons. The van der Waals surface area contributed by atoms with E-state index in [0.29, 0.717) is 23.2 Å². The van der Waals surface area contributed by atoms with Crippen LogP contribution in [0.15, 0.2) is 56.2 Å². The predicted octanol–water partition coefficient (Wildman–Crippen LogP) is 3.19. The van der Waals surface area contributed by atoms with Crippen LogP contribution in [0.3, 0.4) is 0 Å². The molecule has 4 heteroatoms. The van der Waals surface area contributed by atoms with Gasteiger partial charge < -0.3 is 13.3 Å². The van der Waals surface area contributed by atoms with E-state index in [4.69, 9.17) is 13.3 Å². The van der Waals surface area contributed by atoms with Crippen molar-refractivity contribution >= 4 is 0 Å². The molecule has 15 heavy (non-hydrogen) atoms. The summed E-state index contributed by atoms with van der Waals surface area (Å²) < 4.78 is 15.8. The highest BCUT2D eigenvalue weighted by molar-refractivity contribution is 5.53. The van der Waals surface area contributed by atoms with Crippen molar-refractivity contribution in [2.24, 2.45) is 0 Å². The third-order valence-electron chi connectivity index (χ3n) is 2.00. The maximum absolute atomic E-state index is 5.47. The summed E-state index contributed by atoms with van der Waals surface area (Å²) in [5.41, 5.74) is 0. The molecule has 3 aromatic heterocycles. The van der Waals surface area contributed by atoms with Crippen molar-refractivity contribution in [3.8, 4) is 23.2 Å². The summed E-state index contributed by atoms with van der Waals surface area (Å²) in [4.78, 5) is 4.09. The van der Waals surface area contributed by atoms with E-state index in [0.717, 1.165) is 0 Å². The topological polar surface area (TPSA) is 52.3 Å². The number of hydrogen-bond donors (Lipinski definition) is 0. The first kappa shape index (κ1) is 8.11. The Morgan fingerprint density at radius 3 is 2.27 bits per heavy atom. The molecule has 0 unspecified atom stereocenters. The van der Waals surface area contributed by atoms with E-state index in [9.17, 15) is 0 Å². The molecular weight excluding hydrogens is 194 g/mol. The van der Waals surface area contributed by atoms with E-state index in [-0.39, 0.29) is 0 Å². The second kappa shape index (κ2) is 3.16. The fraction of sp³-hybridized carbons (Fsp3) is 0. The average molecular weight is 201 g/mol. The van der Waals surface area contributed by atoms with Crippen molar-refractivity contribution in [2.75, 3.05) is 0 Å². The van der Waals surface area contributed by atoms with Gasteiger partial charge in [-0.05, 0) is 24.3 Å². The summed E-state index contributed by atoms with van der Waals surface area (Å²) in [5.74, 6) is 2.30. The van der Waals surface area contributed by atoms with Crippen LogP contribution < -0.4 is 0 Å². The monoisotopic (exact) mass is 201 g/mol. The lowest BCUT2D eigenvalue weighted by molar-refractivity contribution is 0.504. The summed E-state index contributed by atoms with van der Waals surface area (Å²) in [6, 6.07) is 7.18. The number of aromatic nitrogens is 1. The second-order valence-corrected chi connectivity index (χ2v) is 2.98. The Balaban J connectivity index is 2.02. The molecule has 3 rings (SSSR count). The number of furan rings is 2. The Bertz CT molecular complexity index is 485. The molecule has 0 aromatic carbocycles. The van der Waals surface area contributed by atoms with Gasteiger partial charge in [-0.2, -0.15) is 0 Å². The third kappa shape index (κ3) is 1.36. The predicted molar refractivity (Wildman–Crippen MR) is 51.9 cm³/mol. The molecule has 0 radical (unpaired) electrons. The number of rotatable bonds is 2. The maximum Gasteiger partial charge on any atom is 0.263 e. The lowest BCUT2D eigenvalue weighted by Crippen LogP contribution is -1.68. The van der Waals surface area contributed by atoms with Gasteiger partial charge in [0.1, 0.15) is 0 Å². The first-order valence-electron chi connectivity index (χ1n) is 4.47. The Kier molecular flexibility index (Phi) is 1.71. The van der Waals surface area contributed by atoms with Gasteiger partial charge >= 0.3 is 0 Å². The number of hydrogen-bond acceptors (Lipinski definition) is 4. The summed E-state index contributed by atoms with van der Waals surface area (Å²) in [5, 5.41) is 0. The van der Waals surface area contributed by atoms with Crippen LogP contribution in [0.1, 0.15) is 0 Å². The summed E-state index contributed by atoms with van der Waals surface area (Å²) in [6.07, 6.45) is 4.77. The van der Waals surface area contributed by atoms with Crippen LogP contribution in [-0.4, -0.2) is 4.98 Å². The van der Waals surface area contributed by atoms with Gasteiger partial charge in [0.05, 0.1) is 18.7 Å². The Labute approximate surface area is 85.1 Å². The van der Waals surface area contributed by atoms with E-state index in [1.807, 2.05) is 6.07 Å². The van der Waals surface area contributed by atoms with Crippen molar-refractivity contribution in [2.45, 2.75) is 0 Å². The SMILES string of the molecule is c1coc(-c2cnc(-c3ccco3)o2)c1. The first-order chi connectivity index (χ1) is 7.43. The molecule has 0 aliphatic rings. The zero-order valence-corrected chi connectivity index (χ0v) is 7.71. The van der Waals surface area contributed by atoms with Crippen molar-refractivity contribution in [3.63, 3.8) is 0 Å². The second-order valence-electron chi connectivity index (χ2n) is 2.98. The Morgan fingerprint density at radius 2 is 1.60 bits per heavy atom. The summed E-state index contributed by atoms with van der Waals surface area (Å²) in [6.45, 7) is 0. The fourth-order valence-electron chi connectivity index (χ4n) is 1.32. The molecule has 0 saturated heterocycles. The van der Waals surface area contributed by atoms with Crippen LogP contribution in [0.2, 0.25) is 0 Å². The normalized spacial score (nSPS) is 10.7. The average Bonchev–Trinajstić information content (AvgIpc) is 3.02. The molecule has 0 aliphatic carbocycles. The molecule has 3 heterocycles. The molecule has 0 aliphatic heterocycles. The number of oxazole rings is 1. The first-order valence-corrected chi connectivity index (χ1v) is 4.47. The minimum absolute atomic E-state index is 0.450. The van der Waals surface area contributed by atoms with Crippen molar-refractivity contribution in [1.82, 2.24) is 4.98 Å². The smallest absolute Gasteiger partial charge is 0.263 e. The molecule has 4 nitrogen and oxygen atoms in total. The molecule has 0 spiro atoms. The largest absolute Gasteiger partial charge is 0.461 e. The highest BCUT2D eigenvalue weighted by Crippen LogP contribution is 2.26. The lowest BCUT2D eigenvalue weighted by Gasteiger charge is -1.88. The standard InChI is InChI=1S/C11H7NO3/c1-3-8(13-5-1)10-7-12-11(15-10)9-4-2-6-14-9/h1-7H. The Hall–Kier alpha value is -2.23. The zero-order chi connectivity index (χ0) is 10.1. The quantitative estimate of drug-likeness (QED) is 0.638. The molecule has 0 fully saturated rings. The van der Waals surface area contributed by atoms with Gasteiger partial charge in [0.15, 0.2) is 17.3 Å². The van der Waals surface area contributed by atoms with Gasteiger partial charge in [0.25, 0.3) is 5.89 Å². The van der Waals surface area contributed by atoms with Crippen LogP contribution in [-0.2, 0) is 0 Å². The molecule has 0 N–H and O–H groups in total. The van der Waals surface area contributed by atoms with E-state index >= 15 is 0 Å². The van der Waals surface area contributed by atoms with Crippen LogP contribution in [0, 0.1) is 0 Å². The van der Waals surface area contributed by atoms with E-state index in [2.05, 4.69) is 4.98 Å². The molecule has 0 atom stereocenters. The van der Waals surface area contributed by atoms with Gasteiger partial charge in [-0.25, -0.2) is 4.98 Å². The van der Waals surface area contributed by atoms with Gasteiger partial charge in [-0.15, -0.1) is 0 Å². The Morgan fingerprint density at radius 1 is 0.867 bits per heavy atom. The maximum atomic E-state index is 5.47. The lowest BCUT2D eigenvalue weighted by atomic mass is 10.4. The summed E-state index contributed by atoms with van der Waals surface area (Å²) >= 11 is 0. The minimum atomic E-state index is 0.450. The molecular formula is C11H7NO3. The van der Waals surface area contributed by atoms with Crippen molar-refractivity contribution in [3.05, 3.63) is 43.0 Å². The van der Waals surface area contributed by atoms with E-state index in [1.165, 1.54) is 0 Å². The summed E-state index contributed by atoms with van der Waals surface area (Å²) in [7, 11) is 0. The van der Waals surface area contributed by atoms with Gasteiger partial charge in [-0.1, -0.05) is 0 Å². The van der Waals surface area contributed by atoms with Crippen LogP contribution in [0.4, 0.5) is 0 Å². The minimum Gasteiger partial charge on any atom is -0.461 e. The zero-order valence-electron chi connectivity index (χ0n) is 7.71. The van der Waals surface area contributed by atoms with Crippen molar-refractivity contribution < 1.29 is 13.3 Å².